The van der Waals surface area contributed by atoms with Gasteiger partial charge in [0.2, 0.25) is 0 Å². The van der Waals surface area contributed by atoms with Crippen LogP contribution in [0.15, 0.2) is 24.4 Å². The lowest BCUT2D eigenvalue weighted by molar-refractivity contribution is 1.09. The number of benzene rings is 1. The number of nitriles is 1. The molecule has 0 spiro atoms. The Bertz CT molecular complexity index is 497. The number of para-hydroxylation sites is 1. The largest absolute Gasteiger partial charge is 0.241 e. The second kappa shape index (κ2) is 2.83. The Labute approximate surface area is 75.7 Å². The van der Waals surface area contributed by atoms with Gasteiger partial charge in [-0.25, -0.2) is 9.97 Å². The van der Waals surface area contributed by atoms with E-state index in [9.17, 15) is 0 Å². The average Bonchev–Trinajstić information content (AvgIpc) is 2.17. The molecular formula is C10H7N3. The van der Waals surface area contributed by atoms with Crippen molar-refractivity contribution in [2.24, 2.45) is 0 Å². The predicted octanol–water partition coefficient (Wildman–Crippen LogP) is 1.81. The summed E-state index contributed by atoms with van der Waals surface area (Å²) in [4.78, 5) is 8.28. The second-order valence-corrected chi connectivity index (χ2v) is 2.77. The van der Waals surface area contributed by atoms with E-state index in [1.54, 1.807) is 12.3 Å². The summed E-state index contributed by atoms with van der Waals surface area (Å²) in [6.07, 6.45) is 1.73. The van der Waals surface area contributed by atoms with Gasteiger partial charge >= 0.3 is 0 Å². The number of hydrogen-bond acceptors (Lipinski definition) is 3. The molecule has 2 aromatic rings. The van der Waals surface area contributed by atoms with Crippen LogP contribution in [0.5, 0.6) is 0 Å². The molecule has 0 amide bonds. The summed E-state index contributed by atoms with van der Waals surface area (Å²) in [5.41, 5.74) is 1.33. The van der Waals surface area contributed by atoms with Crippen molar-refractivity contribution >= 4 is 10.9 Å². The number of aryl methyl sites for hydroxylation is 1. The van der Waals surface area contributed by atoms with Crippen molar-refractivity contribution in [3.63, 3.8) is 0 Å². The van der Waals surface area contributed by atoms with Crippen LogP contribution in [0, 0.1) is 18.3 Å². The van der Waals surface area contributed by atoms with Crippen molar-refractivity contribution < 1.29 is 0 Å². The fourth-order valence-corrected chi connectivity index (χ4v) is 1.23. The first-order valence-electron chi connectivity index (χ1n) is 3.94. The Morgan fingerprint density at radius 3 is 3.00 bits per heavy atom. The third-order valence-electron chi connectivity index (χ3n) is 1.85. The molecule has 0 aliphatic carbocycles. The normalized spacial score (nSPS) is 9.85. The van der Waals surface area contributed by atoms with E-state index in [2.05, 4.69) is 16.0 Å². The van der Waals surface area contributed by atoms with Gasteiger partial charge in [0.1, 0.15) is 11.9 Å². The summed E-state index contributed by atoms with van der Waals surface area (Å²) < 4.78 is 0. The molecule has 0 fully saturated rings. The Hall–Kier alpha value is -1.95. The van der Waals surface area contributed by atoms with E-state index in [0.29, 0.717) is 11.4 Å². The van der Waals surface area contributed by atoms with E-state index in [1.807, 2.05) is 19.1 Å². The van der Waals surface area contributed by atoms with E-state index in [1.165, 1.54) is 0 Å². The highest BCUT2D eigenvalue weighted by Gasteiger charge is 2.01. The molecule has 0 unspecified atom stereocenters. The van der Waals surface area contributed by atoms with Crippen molar-refractivity contribution in [2.45, 2.75) is 6.92 Å². The minimum Gasteiger partial charge on any atom is -0.241 e. The minimum absolute atomic E-state index is 0.600. The topological polar surface area (TPSA) is 49.6 Å². The Morgan fingerprint density at radius 1 is 1.38 bits per heavy atom. The van der Waals surface area contributed by atoms with Gasteiger partial charge in [-0.05, 0) is 13.0 Å². The van der Waals surface area contributed by atoms with Crippen LogP contribution in [-0.4, -0.2) is 9.97 Å². The Kier molecular flexibility index (Phi) is 1.67. The Balaban J connectivity index is 2.89. The lowest BCUT2D eigenvalue weighted by Gasteiger charge is -1.98. The van der Waals surface area contributed by atoms with Crippen molar-refractivity contribution in [3.8, 4) is 6.07 Å². The molecule has 0 aliphatic heterocycles. The van der Waals surface area contributed by atoms with Gasteiger partial charge in [0.05, 0.1) is 11.1 Å². The second-order valence-electron chi connectivity index (χ2n) is 2.77. The van der Waals surface area contributed by atoms with Gasteiger partial charge in [-0.15, -0.1) is 0 Å². The molecule has 3 nitrogen and oxygen atoms in total. The lowest BCUT2D eigenvalue weighted by atomic mass is 10.1. The minimum atomic E-state index is 0.600. The van der Waals surface area contributed by atoms with Crippen LogP contribution >= 0.6 is 0 Å². The molecule has 1 aromatic heterocycles. The molecule has 1 heterocycles. The van der Waals surface area contributed by atoms with E-state index < -0.39 is 0 Å². The fraction of sp³-hybridized carbons (Fsp3) is 0.100. The third kappa shape index (κ3) is 1.23. The van der Waals surface area contributed by atoms with Crippen LogP contribution in [-0.2, 0) is 0 Å². The zero-order chi connectivity index (χ0) is 9.26. The first-order chi connectivity index (χ1) is 6.31. The zero-order valence-corrected chi connectivity index (χ0v) is 7.15. The van der Waals surface area contributed by atoms with Gasteiger partial charge in [0, 0.05) is 11.6 Å². The van der Waals surface area contributed by atoms with Gasteiger partial charge in [-0.1, -0.05) is 12.1 Å². The maximum Gasteiger partial charge on any atom is 0.125 e. The van der Waals surface area contributed by atoms with Gasteiger partial charge in [0.15, 0.2) is 0 Å². The first-order valence-corrected chi connectivity index (χ1v) is 3.94. The molecule has 13 heavy (non-hydrogen) atoms. The zero-order valence-electron chi connectivity index (χ0n) is 7.15. The van der Waals surface area contributed by atoms with Crippen molar-refractivity contribution in [2.75, 3.05) is 0 Å². The SMILES string of the molecule is Cc1ncc2cccc(C#N)c2n1. The number of rotatable bonds is 0. The number of fused-ring (bicyclic) bond motifs is 1. The highest BCUT2D eigenvalue weighted by molar-refractivity contribution is 5.83. The maximum atomic E-state index is 8.82. The fourth-order valence-electron chi connectivity index (χ4n) is 1.23. The molecule has 0 atom stereocenters. The maximum absolute atomic E-state index is 8.82. The van der Waals surface area contributed by atoms with Crippen molar-refractivity contribution in [1.82, 2.24) is 9.97 Å². The number of hydrogen-bond donors (Lipinski definition) is 0. The molecule has 0 aliphatic rings. The molecule has 62 valence electrons. The quantitative estimate of drug-likeness (QED) is 0.604. The Morgan fingerprint density at radius 2 is 2.23 bits per heavy atom. The van der Waals surface area contributed by atoms with E-state index >= 15 is 0 Å². The molecule has 0 N–H and O–H groups in total. The van der Waals surface area contributed by atoms with E-state index in [-0.39, 0.29) is 0 Å². The summed E-state index contributed by atoms with van der Waals surface area (Å²) >= 11 is 0. The first kappa shape index (κ1) is 7.69. The molecule has 0 saturated heterocycles. The van der Waals surface area contributed by atoms with Gasteiger partial charge in [-0.2, -0.15) is 5.26 Å². The smallest absolute Gasteiger partial charge is 0.125 e. The summed E-state index contributed by atoms with van der Waals surface area (Å²) in [6.45, 7) is 1.81. The van der Waals surface area contributed by atoms with Crippen LogP contribution < -0.4 is 0 Å². The predicted molar refractivity (Wildman–Crippen MR) is 49.0 cm³/mol. The third-order valence-corrected chi connectivity index (χ3v) is 1.85. The molecule has 0 bridgehead atoms. The standard InChI is InChI=1S/C10H7N3/c1-7-12-6-9-4-2-3-8(5-11)10(9)13-7/h2-4,6H,1H3. The summed E-state index contributed by atoms with van der Waals surface area (Å²) in [5.74, 6) is 0.690. The monoisotopic (exact) mass is 169 g/mol. The van der Waals surface area contributed by atoms with Gasteiger partial charge in [0.25, 0.3) is 0 Å². The summed E-state index contributed by atoms with van der Waals surface area (Å²) in [6, 6.07) is 7.60. The molecule has 0 radical (unpaired) electrons. The van der Waals surface area contributed by atoms with Crippen LogP contribution in [0.4, 0.5) is 0 Å². The van der Waals surface area contributed by atoms with Gasteiger partial charge < -0.3 is 0 Å². The van der Waals surface area contributed by atoms with Crippen LogP contribution in [0.25, 0.3) is 10.9 Å². The van der Waals surface area contributed by atoms with Crippen molar-refractivity contribution in [1.29, 1.82) is 5.26 Å². The number of nitrogens with zero attached hydrogens (tertiary/aromatic N) is 3. The molecule has 1 aromatic carbocycles. The van der Waals surface area contributed by atoms with Crippen molar-refractivity contribution in [3.05, 3.63) is 35.8 Å². The highest BCUT2D eigenvalue weighted by Crippen LogP contribution is 2.14. The van der Waals surface area contributed by atoms with Gasteiger partial charge in [-0.3, -0.25) is 0 Å². The summed E-state index contributed by atoms with van der Waals surface area (Å²) in [5, 5.41) is 9.72. The molecule has 3 heteroatoms. The number of aromatic nitrogens is 2. The average molecular weight is 169 g/mol. The van der Waals surface area contributed by atoms with Crippen LogP contribution in [0.1, 0.15) is 11.4 Å². The molecular weight excluding hydrogens is 162 g/mol. The molecule has 0 saturated carbocycles. The lowest BCUT2D eigenvalue weighted by Crippen LogP contribution is -1.90. The molecule has 2 rings (SSSR count). The van der Waals surface area contributed by atoms with E-state index in [4.69, 9.17) is 5.26 Å². The highest BCUT2D eigenvalue weighted by atomic mass is 14.9. The van der Waals surface area contributed by atoms with Crippen LogP contribution in [0.2, 0.25) is 0 Å². The van der Waals surface area contributed by atoms with E-state index in [0.717, 1.165) is 10.9 Å². The summed E-state index contributed by atoms with van der Waals surface area (Å²) in [7, 11) is 0. The van der Waals surface area contributed by atoms with Crippen LogP contribution in [0.3, 0.4) is 0 Å².